The first kappa shape index (κ1) is 18.0. The molecule has 0 saturated heterocycles. The zero-order valence-electron chi connectivity index (χ0n) is 13.6. The molecule has 0 aliphatic heterocycles. The van der Waals surface area contributed by atoms with Gasteiger partial charge in [0.05, 0.1) is 19.4 Å². The second-order valence-corrected chi connectivity index (χ2v) is 5.69. The molecule has 6 heteroatoms. The van der Waals surface area contributed by atoms with Crippen LogP contribution >= 0.6 is 15.9 Å². The molecular weight excluding hydrogens is 372 g/mol. The number of amides is 1. The molecule has 1 N–H and O–H groups in total. The summed E-state index contributed by atoms with van der Waals surface area (Å²) in [6, 6.07) is 12.6. The van der Waals surface area contributed by atoms with E-state index in [1.54, 1.807) is 30.5 Å². The van der Waals surface area contributed by atoms with E-state index < -0.39 is 0 Å². The average Bonchev–Trinajstić information content (AvgIpc) is 2.58. The maximum atomic E-state index is 12.0. The number of nitrogens with zero attached hydrogens (tertiary/aromatic N) is 1. The minimum Gasteiger partial charge on any atom is -0.490 e. The van der Waals surface area contributed by atoms with E-state index in [0.29, 0.717) is 30.3 Å². The molecule has 0 spiro atoms. The molecule has 0 fully saturated rings. The molecule has 0 bridgehead atoms. The van der Waals surface area contributed by atoms with Crippen molar-refractivity contribution in [2.75, 3.05) is 13.2 Å². The monoisotopic (exact) mass is 390 g/mol. The Morgan fingerprint density at radius 2 is 1.75 bits per heavy atom. The van der Waals surface area contributed by atoms with Crippen molar-refractivity contribution in [3.05, 3.63) is 58.1 Å². The number of hydrazone groups is 1. The number of carbonyl (C=O) groups excluding carboxylic acids is 1. The van der Waals surface area contributed by atoms with E-state index in [1.807, 2.05) is 32.0 Å². The van der Waals surface area contributed by atoms with E-state index in [4.69, 9.17) is 9.47 Å². The number of ether oxygens (including phenoxy) is 2. The van der Waals surface area contributed by atoms with Gasteiger partial charge in [-0.2, -0.15) is 5.10 Å². The molecule has 0 unspecified atom stereocenters. The second kappa shape index (κ2) is 9.08. The molecular formula is C18H19BrN2O3. The molecule has 24 heavy (non-hydrogen) atoms. The first-order chi connectivity index (χ1) is 11.6. The lowest BCUT2D eigenvalue weighted by Gasteiger charge is -2.11. The fourth-order valence-electron chi connectivity index (χ4n) is 1.98. The Morgan fingerprint density at radius 3 is 2.42 bits per heavy atom. The molecule has 0 heterocycles. The highest BCUT2D eigenvalue weighted by molar-refractivity contribution is 9.10. The molecule has 126 valence electrons. The number of carbonyl (C=O) groups is 1. The second-order valence-electron chi connectivity index (χ2n) is 4.78. The van der Waals surface area contributed by atoms with Crippen molar-refractivity contribution in [1.82, 2.24) is 5.43 Å². The van der Waals surface area contributed by atoms with E-state index >= 15 is 0 Å². The Kier molecular flexibility index (Phi) is 6.81. The van der Waals surface area contributed by atoms with Gasteiger partial charge in [0, 0.05) is 10.0 Å². The summed E-state index contributed by atoms with van der Waals surface area (Å²) in [5.74, 6) is 1.08. The fraction of sp³-hybridized carbons (Fsp3) is 0.222. The molecule has 0 aliphatic carbocycles. The van der Waals surface area contributed by atoms with Crippen molar-refractivity contribution in [2.24, 2.45) is 5.10 Å². The van der Waals surface area contributed by atoms with E-state index in [9.17, 15) is 4.79 Å². The summed E-state index contributed by atoms with van der Waals surface area (Å²) in [6.07, 6.45) is 1.56. The van der Waals surface area contributed by atoms with Crippen LogP contribution in [0.1, 0.15) is 29.8 Å². The predicted molar refractivity (Wildman–Crippen MR) is 98.0 cm³/mol. The number of hydrogen-bond donors (Lipinski definition) is 1. The number of benzene rings is 2. The standard InChI is InChI=1S/C18H19BrN2O3/c1-3-23-16-10-5-13(11-17(16)24-4-2)12-20-21-18(22)14-6-8-15(19)9-7-14/h5-12H,3-4H2,1-2H3,(H,21,22)/b20-12-. The molecule has 1 amide bonds. The highest BCUT2D eigenvalue weighted by Crippen LogP contribution is 2.27. The molecule has 2 rings (SSSR count). The van der Waals surface area contributed by atoms with Gasteiger partial charge in [0.15, 0.2) is 11.5 Å². The first-order valence-electron chi connectivity index (χ1n) is 7.62. The van der Waals surface area contributed by atoms with Crippen molar-refractivity contribution in [2.45, 2.75) is 13.8 Å². The molecule has 0 saturated carbocycles. The molecule has 2 aromatic rings. The Balaban J connectivity index is 2.04. The van der Waals surface area contributed by atoms with Crippen LogP contribution in [0, 0.1) is 0 Å². The fourth-order valence-corrected chi connectivity index (χ4v) is 2.24. The average molecular weight is 391 g/mol. The number of hydrogen-bond acceptors (Lipinski definition) is 4. The summed E-state index contributed by atoms with van der Waals surface area (Å²) < 4.78 is 12.0. The summed E-state index contributed by atoms with van der Waals surface area (Å²) in [5.41, 5.74) is 3.84. The zero-order valence-corrected chi connectivity index (χ0v) is 15.2. The van der Waals surface area contributed by atoms with E-state index in [2.05, 4.69) is 26.5 Å². The minimum atomic E-state index is -0.269. The van der Waals surface area contributed by atoms with Crippen molar-refractivity contribution in [1.29, 1.82) is 0 Å². The molecule has 5 nitrogen and oxygen atoms in total. The van der Waals surface area contributed by atoms with Crippen LogP contribution in [0.15, 0.2) is 52.0 Å². The Bertz CT molecular complexity index is 715. The quantitative estimate of drug-likeness (QED) is 0.573. The van der Waals surface area contributed by atoms with Gasteiger partial charge >= 0.3 is 0 Å². The Hall–Kier alpha value is -2.34. The maximum Gasteiger partial charge on any atom is 0.271 e. The minimum absolute atomic E-state index is 0.269. The first-order valence-corrected chi connectivity index (χ1v) is 8.42. The maximum absolute atomic E-state index is 12.0. The summed E-state index contributed by atoms with van der Waals surface area (Å²) >= 11 is 3.33. The van der Waals surface area contributed by atoms with Gasteiger partial charge in [-0.3, -0.25) is 4.79 Å². The Morgan fingerprint density at radius 1 is 1.08 bits per heavy atom. The van der Waals surface area contributed by atoms with Gasteiger partial charge in [-0.15, -0.1) is 0 Å². The third-order valence-electron chi connectivity index (χ3n) is 3.05. The zero-order chi connectivity index (χ0) is 17.4. The van der Waals surface area contributed by atoms with Crippen LogP contribution in [0.5, 0.6) is 11.5 Å². The molecule has 0 radical (unpaired) electrons. The lowest BCUT2D eigenvalue weighted by atomic mass is 10.2. The van der Waals surface area contributed by atoms with Crippen molar-refractivity contribution >= 4 is 28.1 Å². The highest BCUT2D eigenvalue weighted by Gasteiger charge is 2.06. The van der Waals surface area contributed by atoms with Crippen LogP contribution in [0.3, 0.4) is 0 Å². The Labute approximate surface area is 149 Å². The van der Waals surface area contributed by atoms with Crippen LogP contribution in [0.2, 0.25) is 0 Å². The van der Waals surface area contributed by atoms with Gasteiger partial charge in [0.2, 0.25) is 0 Å². The summed E-state index contributed by atoms with van der Waals surface area (Å²) in [7, 11) is 0. The van der Waals surface area contributed by atoms with Gasteiger partial charge in [-0.1, -0.05) is 15.9 Å². The van der Waals surface area contributed by atoms with Gasteiger partial charge in [0.25, 0.3) is 5.91 Å². The van der Waals surface area contributed by atoms with Crippen LogP contribution in [0.25, 0.3) is 0 Å². The van der Waals surface area contributed by atoms with E-state index in [-0.39, 0.29) is 5.91 Å². The molecule has 2 aromatic carbocycles. The van der Waals surface area contributed by atoms with Crippen LogP contribution in [0.4, 0.5) is 0 Å². The summed E-state index contributed by atoms with van der Waals surface area (Å²) in [4.78, 5) is 12.0. The lowest BCUT2D eigenvalue weighted by Crippen LogP contribution is -2.17. The largest absolute Gasteiger partial charge is 0.490 e. The van der Waals surface area contributed by atoms with Crippen LogP contribution < -0.4 is 14.9 Å². The van der Waals surface area contributed by atoms with E-state index in [0.717, 1.165) is 10.0 Å². The van der Waals surface area contributed by atoms with E-state index in [1.165, 1.54) is 0 Å². The number of rotatable bonds is 7. The van der Waals surface area contributed by atoms with Gasteiger partial charge in [-0.25, -0.2) is 5.43 Å². The lowest BCUT2D eigenvalue weighted by molar-refractivity contribution is 0.0955. The third kappa shape index (κ3) is 5.09. The highest BCUT2D eigenvalue weighted by atomic mass is 79.9. The van der Waals surface area contributed by atoms with Crippen molar-refractivity contribution < 1.29 is 14.3 Å². The van der Waals surface area contributed by atoms with Crippen LogP contribution in [-0.4, -0.2) is 25.3 Å². The number of halogens is 1. The molecule has 0 aliphatic rings. The van der Waals surface area contributed by atoms with Gasteiger partial charge in [0.1, 0.15) is 0 Å². The third-order valence-corrected chi connectivity index (χ3v) is 3.58. The smallest absolute Gasteiger partial charge is 0.271 e. The SMILES string of the molecule is CCOc1ccc(/C=N\NC(=O)c2ccc(Br)cc2)cc1OCC. The van der Waals surface area contributed by atoms with Crippen molar-refractivity contribution in [3.63, 3.8) is 0 Å². The normalized spacial score (nSPS) is 10.6. The molecule has 0 atom stereocenters. The van der Waals surface area contributed by atoms with Crippen LogP contribution in [-0.2, 0) is 0 Å². The van der Waals surface area contributed by atoms with Gasteiger partial charge in [-0.05, 0) is 61.9 Å². The summed E-state index contributed by atoms with van der Waals surface area (Å²) in [5, 5.41) is 3.98. The predicted octanol–water partition coefficient (Wildman–Crippen LogP) is 4.01. The molecule has 0 aromatic heterocycles. The summed E-state index contributed by atoms with van der Waals surface area (Å²) in [6.45, 7) is 4.94. The van der Waals surface area contributed by atoms with Gasteiger partial charge < -0.3 is 9.47 Å². The van der Waals surface area contributed by atoms with Crippen molar-refractivity contribution in [3.8, 4) is 11.5 Å². The number of nitrogens with one attached hydrogen (secondary N) is 1. The topological polar surface area (TPSA) is 59.9 Å².